The molecule has 0 saturated heterocycles. The Balaban J connectivity index is 1.52. The van der Waals surface area contributed by atoms with Crippen LogP contribution in [-0.2, 0) is 6.54 Å². The minimum Gasteiger partial charge on any atom is -0.497 e. The molecule has 164 valence electrons. The van der Waals surface area contributed by atoms with Gasteiger partial charge in [-0.3, -0.25) is 9.48 Å². The highest BCUT2D eigenvalue weighted by atomic mass is 16.5. The Hall–Kier alpha value is -3.68. The first-order chi connectivity index (χ1) is 15.5. The van der Waals surface area contributed by atoms with E-state index in [1.807, 2.05) is 61.1 Å². The van der Waals surface area contributed by atoms with Gasteiger partial charge in [0.1, 0.15) is 11.4 Å². The molecule has 1 aliphatic carbocycles. The Morgan fingerprint density at radius 2 is 2.16 bits per heavy atom. The molecule has 8 heteroatoms. The molecule has 1 N–H and O–H groups in total. The highest BCUT2D eigenvalue weighted by Gasteiger charge is 2.29. The fraction of sp³-hybridized carbons (Fsp3) is 0.333. The average molecular weight is 431 g/mol. The van der Waals surface area contributed by atoms with Crippen LogP contribution in [0.15, 0.2) is 47.1 Å². The highest BCUT2D eigenvalue weighted by molar-refractivity contribution is 6.09. The standard InChI is InChI=1S/C24H25N5O3/c1-14-9-10-29(27-14)13-15(2)25-23(30)19-12-20(16-7-8-16)26-24-21(19)22(28-32-24)17-5-4-6-18(11-17)31-3/h4-6,9-12,15-16H,7-8,13H2,1-3H3,(H,25,30)/t15-/m1/s1. The molecule has 32 heavy (non-hydrogen) atoms. The smallest absolute Gasteiger partial charge is 0.259 e. The van der Waals surface area contributed by atoms with E-state index in [0.717, 1.165) is 29.8 Å². The van der Waals surface area contributed by atoms with Crippen LogP contribution in [0.4, 0.5) is 0 Å². The summed E-state index contributed by atoms with van der Waals surface area (Å²) in [6.45, 7) is 4.49. The maximum absolute atomic E-state index is 13.4. The van der Waals surface area contributed by atoms with Crippen LogP contribution in [0.3, 0.4) is 0 Å². The molecule has 5 rings (SSSR count). The van der Waals surface area contributed by atoms with E-state index >= 15 is 0 Å². The summed E-state index contributed by atoms with van der Waals surface area (Å²) in [5.74, 6) is 0.902. The van der Waals surface area contributed by atoms with Crippen molar-refractivity contribution in [2.45, 2.75) is 45.2 Å². The first-order valence-electron chi connectivity index (χ1n) is 10.8. The molecule has 3 heterocycles. The van der Waals surface area contributed by atoms with Crippen LogP contribution in [-0.4, -0.2) is 39.0 Å². The Labute approximate surface area is 185 Å². The Kier molecular flexibility index (Phi) is 5.13. The minimum atomic E-state index is -0.178. The van der Waals surface area contributed by atoms with E-state index in [1.165, 1.54) is 0 Å². The maximum atomic E-state index is 13.4. The number of hydrogen-bond acceptors (Lipinski definition) is 6. The number of rotatable bonds is 7. The van der Waals surface area contributed by atoms with E-state index in [-0.39, 0.29) is 11.9 Å². The van der Waals surface area contributed by atoms with Crippen LogP contribution in [0.1, 0.15) is 47.4 Å². The van der Waals surface area contributed by atoms with Gasteiger partial charge in [-0.15, -0.1) is 0 Å². The number of aromatic nitrogens is 4. The van der Waals surface area contributed by atoms with Crippen molar-refractivity contribution in [1.29, 1.82) is 0 Å². The van der Waals surface area contributed by atoms with Crippen LogP contribution in [0.5, 0.6) is 5.75 Å². The van der Waals surface area contributed by atoms with Gasteiger partial charge in [-0.05, 0) is 51.0 Å². The number of pyridine rings is 1. The zero-order valence-electron chi connectivity index (χ0n) is 18.3. The summed E-state index contributed by atoms with van der Waals surface area (Å²) in [5, 5.41) is 12.4. The average Bonchev–Trinajstić information content (AvgIpc) is 3.43. The van der Waals surface area contributed by atoms with Crippen molar-refractivity contribution in [3.63, 3.8) is 0 Å². The predicted molar refractivity (Wildman–Crippen MR) is 120 cm³/mol. The summed E-state index contributed by atoms with van der Waals surface area (Å²) < 4.78 is 12.8. The minimum absolute atomic E-state index is 0.116. The normalized spacial score (nSPS) is 14.5. The van der Waals surface area contributed by atoms with E-state index in [2.05, 4.69) is 20.6 Å². The molecule has 3 aromatic heterocycles. The Bertz CT molecular complexity index is 1290. The Morgan fingerprint density at radius 1 is 1.31 bits per heavy atom. The summed E-state index contributed by atoms with van der Waals surface area (Å²) in [4.78, 5) is 18.1. The third-order valence-corrected chi connectivity index (χ3v) is 5.66. The molecule has 1 amide bonds. The lowest BCUT2D eigenvalue weighted by atomic mass is 10.0. The number of aryl methyl sites for hydroxylation is 1. The quantitative estimate of drug-likeness (QED) is 0.473. The van der Waals surface area contributed by atoms with E-state index in [0.29, 0.717) is 40.6 Å². The number of hydrogen-bond donors (Lipinski definition) is 1. The lowest BCUT2D eigenvalue weighted by Gasteiger charge is -2.15. The van der Waals surface area contributed by atoms with Crippen molar-refractivity contribution in [3.8, 4) is 17.0 Å². The largest absolute Gasteiger partial charge is 0.497 e. The summed E-state index contributed by atoms with van der Waals surface area (Å²) in [6, 6.07) is 11.3. The van der Waals surface area contributed by atoms with E-state index in [9.17, 15) is 4.79 Å². The van der Waals surface area contributed by atoms with Gasteiger partial charge in [0.05, 0.1) is 30.3 Å². The van der Waals surface area contributed by atoms with Crippen LogP contribution < -0.4 is 10.1 Å². The van der Waals surface area contributed by atoms with Gasteiger partial charge < -0.3 is 14.6 Å². The fourth-order valence-corrected chi connectivity index (χ4v) is 3.90. The van der Waals surface area contributed by atoms with Gasteiger partial charge in [0, 0.05) is 29.4 Å². The second-order valence-electron chi connectivity index (χ2n) is 8.37. The summed E-state index contributed by atoms with van der Waals surface area (Å²) >= 11 is 0. The number of fused-ring (bicyclic) bond motifs is 1. The van der Waals surface area contributed by atoms with Crippen LogP contribution in [0.2, 0.25) is 0 Å². The van der Waals surface area contributed by atoms with Crippen molar-refractivity contribution in [1.82, 2.24) is 25.2 Å². The number of carbonyl (C=O) groups excluding carboxylic acids is 1. The van der Waals surface area contributed by atoms with Gasteiger partial charge >= 0.3 is 0 Å². The molecule has 1 aromatic carbocycles. The van der Waals surface area contributed by atoms with Crippen molar-refractivity contribution < 1.29 is 14.1 Å². The zero-order chi connectivity index (χ0) is 22.2. The molecule has 0 spiro atoms. The van der Waals surface area contributed by atoms with Gasteiger partial charge in [-0.1, -0.05) is 17.3 Å². The lowest BCUT2D eigenvalue weighted by molar-refractivity contribution is 0.0937. The molecule has 1 atom stereocenters. The highest BCUT2D eigenvalue weighted by Crippen LogP contribution is 2.41. The molecular formula is C24H25N5O3. The van der Waals surface area contributed by atoms with Crippen molar-refractivity contribution in [2.75, 3.05) is 7.11 Å². The summed E-state index contributed by atoms with van der Waals surface area (Å²) in [7, 11) is 1.62. The van der Waals surface area contributed by atoms with Crippen molar-refractivity contribution in [3.05, 3.63) is 59.5 Å². The molecule has 4 aromatic rings. The number of ether oxygens (including phenoxy) is 1. The number of methoxy groups -OCH3 is 1. The van der Waals surface area contributed by atoms with Crippen LogP contribution in [0, 0.1) is 6.92 Å². The molecule has 8 nitrogen and oxygen atoms in total. The number of nitrogens with one attached hydrogen (secondary N) is 1. The fourth-order valence-electron chi connectivity index (χ4n) is 3.90. The monoisotopic (exact) mass is 431 g/mol. The van der Waals surface area contributed by atoms with E-state index in [4.69, 9.17) is 9.26 Å². The third-order valence-electron chi connectivity index (χ3n) is 5.66. The molecule has 0 bridgehead atoms. The van der Waals surface area contributed by atoms with Gasteiger partial charge in [0.15, 0.2) is 0 Å². The molecular weight excluding hydrogens is 406 g/mol. The predicted octanol–water partition coefficient (Wildman–Crippen LogP) is 4.10. The number of benzene rings is 1. The van der Waals surface area contributed by atoms with Gasteiger partial charge in [-0.25, -0.2) is 4.98 Å². The van der Waals surface area contributed by atoms with Crippen molar-refractivity contribution >= 4 is 17.0 Å². The molecule has 1 aliphatic rings. The van der Waals surface area contributed by atoms with Gasteiger partial charge in [-0.2, -0.15) is 5.10 Å². The number of amides is 1. The molecule has 0 unspecified atom stereocenters. The van der Waals surface area contributed by atoms with E-state index < -0.39 is 0 Å². The first kappa shape index (κ1) is 20.2. The SMILES string of the molecule is COc1cccc(-c2noc3nc(C4CC4)cc(C(=O)N[C@H](C)Cn4ccc(C)n4)c23)c1. The van der Waals surface area contributed by atoms with Crippen LogP contribution >= 0.6 is 0 Å². The summed E-state index contributed by atoms with van der Waals surface area (Å²) in [5.41, 5.74) is 4.12. The third kappa shape index (κ3) is 3.95. The first-order valence-corrected chi connectivity index (χ1v) is 10.8. The molecule has 1 fully saturated rings. The zero-order valence-corrected chi connectivity index (χ0v) is 18.3. The van der Waals surface area contributed by atoms with Gasteiger partial charge in [0.2, 0.25) is 0 Å². The maximum Gasteiger partial charge on any atom is 0.259 e. The summed E-state index contributed by atoms with van der Waals surface area (Å²) in [6.07, 6.45) is 4.06. The Morgan fingerprint density at radius 3 is 2.88 bits per heavy atom. The van der Waals surface area contributed by atoms with Gasteiger partial charge in [0.25, 0.3) is 11.6 Å². The van der Waals surface area contributed by atoms with E-state index in [1.54, 1.807) is 7.11 Å². The molecule has 0 radical (unpaired) electrons. The second-order valence-corrected chi connectivity index (χ2v) is 8.37. The van der Waals surface area contributed by atoms with Crippen LogP contribution in [0.25, 0.3) is 22.4 Å². The lowest BCUT2D eigenvalue weighted by Crippen LogP contribution is -2.36. The number of nitrogens with zero attached hydrogens (tertiary/aromatic N) is 4. The number of carbonyl (C=O) groups is 1. The van der Waals surface area contributed by atoms with Crippen molar-refractivity contribution in [2.24, 2.45) is 0 Å². The second kappa shape index (κ2) is 8.11. The molecule has 0 aliphatic heterocycles. The topological polar surface area (TPSA) is 95.1 Å². The molecule has 1 saturated carbocycles.